The Labute approximate surface area is 133 Å². The standard InChI is InChI=1S/C19H27NO2/c1-18-11-8-15-13(14(18)6-7-16(18)21)9-12-20-17(22)5-3-4-10-19(15,20)2/h3-4,13-15H,5-12H2,1-2H3. The lowest BCUT2D eigenvalue weighted by molar-refractivity contribution is -0.153. The largest absolute Gasteiger partial charge is 0.336 e. The lowest BCUT2D eigenvalue weighted by Gasteiger charge is -2.58. The highest BCUT2D eigenvalue weighted by atomic mass is 16.2. The third kappa shape index (κ3) is 1.74. The third-order valence-electron chi connectivity index (χ3n) is 7.54. The molecule has 0 aromatic carbocycles. The van der Waals surface area contributed by atoms with Gasteiger partial charge in [0.2, 0.25) is 5.91 Å². The predicted molar refractivity (Wildman–Crippen MR) is 85.2 cm³/mol. The number of hydrogen-bond acceptors (Lipinski definition) is 2. The SMILES string of the molecule is CC12CCC3C(CCN4C(=O)CC=CCC34C)C1CCC2=O. The van der Waals surface area contributed by atoms with E-state index in [1.165, 1.54) is 0 Å². The van der Waals surface area contributed by atoms with Crippen LogP contribution in [0.2, 0.25) is 0 Å². The van der Waals surface area contributed by atoms with Gasteiger partial charge < -0.3 is 4.90 Å². The Hall–Kier alpha value is -1.12. The van der Waals surface area contributed by atoms with Crippen LogP contribution in [0.5, 0.6) is 0 Å². The van der Waals surface area contributed by atoms with Crippen LogP contribution in [-0.2, 0) is 9.59 Å². The Morgan fingerprint density at radius 2 is 1.91 bits per heavy atom. The van der Waals surface area contributed by atoms with E-state index in [9.17, 15) is 9.59 Å². The summed E-state index contributed by atoms with van der Waals surface area (Å²) in [6.07, 6.45) is 10.9. The summed E-state index contributed by atoms with van der Waals surface area (Å²) in [6, 6.07) is 0. The highest BCUT2D eigenvalue weighted by Crippen LogP contribution is 2.60. The van der Waals surface area contributed by atoms with E-state index < -0.39 is 0 Å². The van der Waals surface area contributed by atoms with Gasteiger partial charge in [0.05, 0.1) is 0 Å². The quantitative estimate of drug-likeness (QED) is 0.644. The molecular formula is C19H27NO2. The summed E-state index contributed by atoms with van der Waals surface area (Å²) in [5, 5.41) is 0. The maximum absolute atomic E-state index is 12.5. The van der Waals surface area contributed by atoms with Crippen molar-refractivity contribution in [2.75, 3.05) is 6.54 Å². The number of nitrogens with zero attached hydrogens (tertiary/aromatic N) is 1. The molecule has 0 spiro atoms. The Kier molecular flexibility index (Phi) is 3.08. The third-order valence-corrected chi connectivity index (χ3v) is 7.54. The van der Waals surface area contributed by atoms with Gasteiger partial charge in [0.1, 0.15) is 5.78 Å². The molecular weight excluding hydrogens is 274 g/mol. The fourth-order valence-electron chi connectivity index (χ4n) is 6.25. The van der Waals surface area contributed by atoms with Crippen molar-refractivity contribution in [2.45, 2.75) is 64.3 Å². The first-order valence-electron chi connectivity index (χ1n) is 8.95. The molecule has 3 nitrogen and oxygen atoms in total. The first kappa shape index (κ1) is 14.5. The lowest BCUT2D eigenvalue weighted by Crippen LogP contribution is -2.62. The van der Waals surface area contributed by atoms with Crippen LogP contribution < -0.4 is 0 Å². The zero-order chi connectivity index (χ0) is 15.5. The maximum Gasteiger partial charge on any atom is 0.226 e. The summed E-state index contributed by atoms with van der Waals surface area (Å²) in [4.78, 5) is 27.1. The van der Waals surface area contributed by atoms with Crippen LogP contribution in [0.4, 0.5) is 0 Å². The first-order chi connectivity index (χ1) is 10.5. The molecule has 2 heterocycles. The van der Waals surface area contributed by atoms with Crippen molar-refractivity contribution in [3.63, 3.8) is 0 Å². The number of amides is 1. The van der Waals surface area contributed by atoms with Crippen molar-refractivity contribution in [2.24, 2.45) is 23.2 Å². The minimum Gasteiger partial charge on any atom is -0.336 e. The molecule has 1 amide bonds. The van der Waals surface area contributed by atoms with E-state index in [0.717, 1.165) is 45.1 Å². The molecule has 0 bridgehead atoms. The molecule has 22 heavy (non-hydrogen) atoms. The topological polar surface area (TPSA) is 37.4 Å². The molecule has 3 fully saturated rings. The van der Waals surface area contributed by atoms with E-state index in [0.29, 0.717) is 35.9 Å². The molecule has 2 saturated carbocycles. The Morgan fingerprint density at radius 3 is 2.73 bits per heavy atom. The number of piperidine rings is 1. The number of rotatable bonds is 0. The van der Waals surface area contributed by atoms with Gasteiger partial charge in [-0.05, 0) is 56.8 Å². The molecule has 0 aromatic heterocycles. The monoisotopic (exact) mass is 301 g/mol. The van der Waals surface area contributed by atoms with Crippen molar-refractivity contribution in [3.05, 3.63) is 12.2 Å². The number of carbonyl (C=O) groups excluding carboxylic acids is 2. The second-order valence-corrected chi connectivity index (χ2v) is 8.37. The molecule has 3 heteroatoms. The zero-order valence-corrected chi connectivity index (χ0v) is 13.8. The van der Waals surface area contributed by atoms with Crippen LogP contribution >= 0.6 is 0 Å². The molecule has 2 aliphatic heterocycles. The fraction of sp³-hybridized carbons (Fsp3) is 0.789. The number of fused-ring (bicyclic) bond motifs is 5. The fourth-order valence-corrected chi connectivity index (χ4v) is 6.25. The van der Waals surface area contributed by atoms with Gasteiger partial charge in [-0.25, -0.2) is 0 Å². The van der Waals surface area contributed by atoms with Crippen molar-refractivity contribution in [1.29, 1.82) is 0 Å². The minimum absolute atomic E-state index is 0.0278. The molecule has 1 saturated heterocycles. The highest BCUT2D eigenvalue weighted by Gasteiger charge is 2.59. The van der Waals surface area contributed by atoms with E-state index >= 15 is 0 Å². The molecule has 0 aromatic rings. The summed E-state index contributed by atoms with van der Waals surface area (Å²) >= 11 is 0. The van der Waals surface area contributed by atoms with Crippen LogP contribution in [0.15, 0.2) is 12.2 Å². The van der Waals surface area contributed by atoms with Crippen LogP contribution in [0.3, 0.4) is 0 Å². The highest BCUT2D eigenvalue weighted by molar-refractivity contribution is 5.87. The van der Waals surface area contributed by atoms with Crippen molar-refractivity contribution in [3.8, 4) is 0 Å². The Bertz CT molecular complexity index is 554. The summed E-state index contributed by atoms with van der Waals surface area (Å²) in [7, 11) is 0. The molecule has 120 valence electrons. The molecule has 5 atom stereocenters. The smallest absolute Gasteiger partial charge is 0.226 e. The number of carbonyl (C=O) groups is 2. The summed E-state index contributed by atoms with van der Waals surface area (Å²) < 4.78 is 0. The average molecular weight is 301 g/mol. The first-order valence-corrected chi connectivity index (χ1v) is 8.95. The van der Waals surface area contributed by atoms with Gasteiger partial charge in [-0.2, -0.15) is 0 Å². The summed E-state index contributed by atoms with van der Waals surface area (Å²) in [5.41, 5.74) is -0.0930. The second-order valence-electron chi connectivity index (χ2n) is 8.37. The molecule has 0 radical (unpaired) electrons. The normalized spacial score (nSPS) is 47.7. The summed E-state index contributed by atoms with van der Waals surface area (Å²) in [6.45, 7) is 5.41. The van der Waals surface area contributed by atoms with E-state index in [4.69, 9.17) is 0 Å². The van der Waals surface area contributed by atoms with Crippen LogP contribution in [0.25, 0.3) is 0 Å². The number of Topliss-reactive ketones (excluding diaryl/α,β-unsaturated/α-hetero) is 1. The van der Waals surface area contributed by atoms with Crippen molar-refractivity contribution < 1.29 is 9.59 Å². The predicted octanol–water partition coefficient (Wildman–Crippen LogP) is 3.34. The van der Waals surface area contributed by atoms with Gasteiger partial charge in [0.25, 0.3) is 0 Å². The lowest BCUT2D eigenvalue weighted by atomic mass is 9.53. The molecule has 4 rings (SSSR count). The minimum atomic E-state index is -0.0652. The van der Waals surface area contributed by atoms with Gasteiger partial charge in [0.15, 0.2) is 0 Å². The van der Waals surface area contributed by atoms with E-state index in [-0.39, 0.29) is 11.0 Å². The van der Waals surface area contributed by atoms with E-state index in [1.807, 2.05) is 6.08 Å². The summed E-state index contributed by atoms with van der Waals surface area (Å²) in [5.74, 6) is 2.55. The molecule has 4 aliphatic rings. The van der Waals surface area contributed by atoms with Gasteiger partial charge in [0, 0.05) is 30.3 Å². The molecule has 2 aliphatic carbocycles. The Balaban J connectivity index is 1.70. The maximum atomic E-state index is 12.5. The molecule has 0 N–H and O–H groups in total. The number of ketones is 1. The average Bonchev–Trinajstić information content (AvgIpc) is 2.70. The van der Waals surface area contributed by atoms with Gasteiger partial charge in [-0.15, -0.1) is 0 Å². The zero-order valence-electron chi connectivity index (χ0n) is 13.8. The van der Waals surface area contributed by atoms with Crippen LogP contribution in [0, 0.1) is 23.2 Å². The van der Waals surface area contributed by atoms with Crippen molar-refractivity contribution >= 4 is 11.7 Å². The van der Waals surface area contributed by atoms with E-state index in [2.05, 4.69) is 24.8 Å². The van der Waals surface area contributed by atoms with Gasteiger partial charge in [-0.1, -0.05) is 19.1 Å². The second kappa shape index (κ2) is 4.69. The number of hydrogen-bond donors (Lipinski definition) is 0. The van der Waals surface area contributed by atoms with Gasteiger partial charge >= 0.3 is 0 Å². The van der Waals surface area contributed by atoms with Gasteiger partial charge in [-0.3, -0.25) is 9.59 Å². The van der Waals surface area contributed by atoms with Crippen molar-refractivity contribution in [1.82, 2.24) is 4.90 Å². The Morgan fingerprint density at radius 1 is 1.09 bits per heavy atom. The van der Waals surface area contributed by atoms with Crippen LogP contribution in [0.1, 0.15) is 58.8 Å². The van der Waals surface area contributed by atoms with E-state index in [1.54, 1.807) is 0 Å². The van der Waals surface area contributed by atoms with Crippen LogP contribution in [-0.4, -0.2) is 28.7 Å². The molecule has 5 unspecified atom stereocenters.